The Labute approximate surface area is 112 Å². The molecule has 0 aliphatic carbocycles. The van der Waals surface area contributed by atoms with E-state index in [4.69, 9.17) is 5.73 Å². The van der Waals surface area contributed by atoms with Crippen LogP contribution < -0.4 is 5.73 Å². The van der Waals surface area contributed by atoms with Crippen LogP contribution in [-0.2, 0) is 14.1 Å². The average molecular weight is 254 g/mol. The van der Waals surface area contributed by atoms with E-state index in [-0.39, 0.29) is 0 Å². The molecular weight excluding hydrogens is 236 g/mol. The van der Waals surface area contributed by atoms with Crippen LogP contribution in [0.25, 0.3) is 22.2 Å². The Morgan fingerprint density at radius 2 is 1.84 bits per heavy atom. The van der Waals surface area contributed by atoms with Gasteiger partial charge in [0.15, 0.2) is 0 Å². The largest absolute Gasteiger partial charge is 0.384 e. The van der Waals surface area contributed by atoms with Crippen molar-refractivity contribution in [1.82, 2.24) is 14.3 Å². The van der Waals surface area contributed by atoms with E-state index < -0.39 is 0 Å². The van der Waals surface area contributed by atoms with E-state index >= 15 is 0 Å². The molecule has 4 heteroatoms. The third-order valence-electron chi connectivity index (χ3n) is 4.02. The van der Waals surface area contributed by atoms with Gasteiger partial charge in [-0.05, 0) is 25.5 Å². The molecule has 19 heavy (non-hydrogen) atoms. The van der Waals surface area contributed by atoms with Gasteiger partial charge in [-0.3, -0.25) is 4.68 Å². The number of nitrogen functional groups attached to an aromatic ring is 1. The van der Waals surface area contributed by atoms with Crippen LogP contribution >= 0.6 is 0 Å². The van der Waals surface area contributed by atoms with Gasteiger partial charge in [0.1, 0.15) is 5.82 Å². The Morgan fingerprint density at radius 1 is 1.11 bits per heavy atom. The summed E-state index contributed by atoms with van der Waals surface area (Å²) >= 11 is 0. The van der Waals surface area contributed by atoms with Crippen molar-refractivity contribution in [3.8, 4) is 11.3 Å². The molecule has 0 fully saturated rings. The van der Waals surface area contributed by atoms with E-state index in [0.29, 0.717) is 5.82 Å². The lowest BCUT2D eigenvalue weighted by Gasteiger charge is -2.01. The molecule has 0 atom stereocenters. The van der Waals surface area contributed by atoms with Crippen molar-refractivity contribution >= 4 is 16.7 Å². The molecule has 0 spiro atoms. The number of hydrogen-bond donors (Lipinski definition) is 1. The normalized spacial score (nSPS) is 11.4. The van der Waals surface area contributed by atoms with Gasteiger partial charge in [0, 0.05) is 42.3 Å². The van der Waals surface area contributed by atoms with Crippen molar-refractivity contribution < 1.29 is 0 Å². The van der Waals surface area contributed by atoms with Crippen LogP contribution in [0.4, 0.5) is 5.82 Å². The molecule has 0 amide bonds. The summed E-state index contributed by atoms with van der Waals surface area (Å²) in [6, 6.07) is 8.36. The molecule has 0 aliphatic rings. The topological polar surface area (TPSA) is 48.8 Å². The van der Waals surface area contributed by atoms with Gasteiger partial charge in [-0.15, -0.1) is 0 Å². The Bertz CT molecular complexity index is 758. The minimum atomic E-state index is 0.675. The fourth-order valence-electron chi connectivity index (χ4n) is 2.54. The first-order valence-electron chi connectivity index (χ1n) is 6.34. The van der Waals surface area contributed by atoms with Crippen molar-refractivity contribution in [1.29, 1.82) is 0 Å². The lowest BCUT2D eigenvalue weighted by atomic mass is 10.1. The van der Waals surface area contributed by atoms with E-state index in [1.807, 2.05) is 13.1 Å². The van der Waals surface area contributed by atoms with E-state index in [2.05, 4.69) is 48.8 Å². The van der Waals surface area contributed by atoms with Gasteiger partial charge in [-0.1, -0.05) is 12.1 Å². The van der Waals surface area contributed by atoms with Crippen LogP contribution in [0, 0.1) is 13.8 Å². The van der Waals surface area contributed by atoms with Gasteiger partial charge in [0.25, 0.3) is 0 Å². The number of aryl methyl sites for hydroxylation is 3. The molecule has 2 heterocycles. The Kier molecular flexibility index (Phi) is 2.42. The van der Waals surface area contributed by atoms with Gasteiger partial charge in [0.2, 0.25) is 0 Å². The van der Waals surface area contributed by atoms with Crippen molar-refractivity contribution in [2.24, 2.45) is 14.1 Å². The number of fused-ring (bicyclic) bond motifs is 1. The maximum absolute atomic E-state index is 5.84. The van der Waals surface area contributed by atoms with Crippen LogP contribution in [0.5, 0.6) is 0 Å². The summed E-state index contributed by atoms with van der Waals surface area (Å²) in [5.41, 5.74) is 11.7. The maximum Gasteiger partial charge on any atom is 0.121 e. The molecule has 1 aromatic carbocycles. The Balaban J connectivity index is 2.24. The molecule has 2 aromatic heterocycles. The Hall–Kier alpha value is -2.23. The van der Waals surface area contributed by atoms with Crippen LogP contribution in [0.2, 0.25) is 0 Å². The fraction of sp³-hybridized carbons (Fsp3) is 0.267. The molecule has 0 radical (unpaired) electrons. The highest BCUT2D eigenvalue weighted by molar-refractivity contribution is 5.89. The molecule has 3 rings (SSSR count). The monoisotopic (exact) mass is 254 g/mol. The summed E-state index contributed by atoms with van der Waals surface area (Å²) in [6.45, 7) is 4.31. The smallest absolute Gasteiger partial charge is 0.121 e. The lowest BCUT2D eigenvalue weighted by molar-refractivity contribution is 0.782. The van der Waals surface area contributed by atoms with Gasteiger partial charge in [0.05, 0.1) is 5.69 Å². The van der Waals surface area contributed by atoms with Gasteiger partial charge >= 0.3 is 0 Å². The van der Waals surface area contributed by atoms with E-state index in [9.17, 15) is 0 Å². The summed E-state index contributed by atoms with van der Waals surface area (Å²) in [5, 5.41) is 5.73. The van der Waals surface area contributed by atoms with Crippen LogP contribution in [0.15, 0.2) is 24.3 Å². The number of benzene rings is 1. The molecule has 0 saturated heterocycles. The molecule has 0 bridgehead atoms. The second-order valence-corrected chi connectivity index (χ2v) is 5.08. The zero-order chi connectivity index (χ0) is 13.7. The highest BCUT2D eigenvalue weighted by Gasteiger charge is 2.11. The molecule has 0 saturated carbocycles. The lowest BCUT2D eigenvalue weighted by Crippen LogP contribution is -1.96. The van der Waals surface area contributed by atoms with Gasteiger partial charge in [-0.25, -0.2) is 0 Å². The summed E-state index contributed by atoms with van der Waals surface area (Å²) in [4.78, 5) is 0. The van der Waals surface area contributed by atoms with Crippen molar-refractivity contribution in [2.75, 3.05) is 5.73 Å². The average Bonchev–Trinajstić information content (AvgIpc) is 2.84. The fourth-order valence-corrected chi connectivity index (χ4v) is 2.54. The molecule has 3 aromatic rings. The second kappa shape index (κ2) is 3.88. The van der Waals surface area contributed by atoms with E-state index in [0.717, 1.165) is 11.3 Å². The minimum Gasteiger partial charge on any atom is -0.384 e. The summed E-state index contributed by atoms with van der Waals surface area (Å²) < 4.78 is 3.92. The van der Waals surface area contributed by atoms with Crippen LogP contribution in [-0.4, -0.2) is 14.3 Å². The minimum absolute atomic E-state index is 0.675. The third-order valence-corrected chi connectivity index (χ3v) is 4.02. The standard InChI is InChI=1S/C15H18N4/c1-9-10(2)18(3)14-7-11(5-6-12(9)14)13-8-15(16)19(4)17-13/h5-8H,16H2,1-4H3. The Morgan fingerprint density at radius 3 is 2.47 bits per heavy atom. The summed E-state index contributed by atoms with van der Waals surface area (Å²) in [6.07, 6.45) is 0. The van der Waals surface area contributed by atoms with Gasteiger partial charge in [-0.2, -0.15) is 5.10 Å². The predicted molar refractivity (Wildman–Crippen MR) is 79.0 cm³/mol. The maximum atomic E-state index is 5.84. The van der Waals surface area contributed by atoms with Crippen LogP contribution in [0.1, 0.15) is 11.3 Å². The molecule has 0 aliphatic heterocycles. The first-order valence-corrected chi connectivity index (χ1v) is 6.34. The summed E-state index contributed by atoms with van der Waals surface area (Å²) in [7, 11) is 3.95. The predicted octanol–water partition coefficient (Wildman–Crippen LogP) is 2.78. The second-order valence-electron chi connectivity index (χ2n) is 5.08. The number of anilines is 1. The number of nitrogens with two attached hydrogens (primary N) is 1. The van der Waals surface area contributed by atoms with Crippen LogP contribution in [0.3, 0.4) is 0 Å². The number of rotatable bonds is 1. The molecule has 0 unspecified atom stereocenters. The molecular formula is C15H18N4. The highest BCUT2D eigenvalue weighted by atomic mass is 15.3. The first kappa shape index (κ1) is 11.8. The van der Waals surface area contributed by atoms with E-state index in [1.165, 1.54) is 22.2 Å². The van der Waals surface area contributed by atoms with Crippen molar-refractivity contribution in [3.63, 3.8) is 0 Å². The third kappa shape index (κ3) is 1.63. The number of hydrogen-bond acceptors (Lipinski definition) is 2. The first-order chi connectivity index (χ1) is 8.99. The number of aromatic nitrogens is 3. The SMILES string of the molecule is Cc1c(C)n(C)c2cc(-c3cc(N)n(C)n3)ccc12. The molecule has 2 N–H and O–H groups in total. The highest BCUT2D eigenvalue weighted by Crippen LogP contribution is 2.29. The quantitative estimate of drug-likeness (QED) is 0.726. The van der Waals surface area contributed by atoms with Crippen molar-refractivity contribution in [2.45, 2.75) is 13.8 Å². The zero-order valence-corrected chi connectivity index (χ0v) is 11.7. The van der Waals surface area contributed by atoms with Gasteiger partial charge < -0.3 is 10.3 Å². The van der Waals surface area contributed by atoms with E-state index in [1.54, 1.807) is 4.68 Å². The zero-order valence-electron chi connectivity index (χ0n) is 11.7. The summed E-state index contributed by atoms with van der Waals surface area (Å²) in [5.74, 6) is 0.675. The molecule has 98 valence electrons. The number of nitrogens with zero attached hydrogens (tertiary/aromatic N) is 3. The van der Waals surface area contributed by atoms with Crippen molar-refractivity contribution in [3.05, 3.63) is 35.5 Å². The molecule has 4 nitrogen and oxygen atoms in total.